The zero-order valence-electron chi connectivity index (χ0n) is 14.7. The van der Waals surface area contributed by atoms with Crippen molar-refractivity contribution >= 4 is 29.7 Å². The van der Waals surface area contributed by atoms with Gasteiger partial charge >= 0.3 is 5.97 Å². The quantitative estimate of drug-likeness (QED) is 0.172. The Morgan fingerprint density at radius 3 is 2.58 bits per heavy atom. The summed E-state index contributed by atoms with van der Waals surface area (Å²) >= 11 is 0. The Hall–Kier alpha value is -2.85. The number of carboxylic acid groups (broad SMARTS) is 1. The molecule has 1 aliphatic rings. The maximum Gasteiger partial charge on any atom is 0.326 e. The molecule has 0 spiro atoms. The maximum atomic E-state index is 12.4. The summed E-state index contributed by atoms with van der Waals surface area (Å²) in [6.45, 7) is 1.74. The Morgan fingerprint density at radius 2 is 2.00 bits per heavy atom. The smallest absolute Gasteiger partial charge is 0.326 e. The first-order valence-electron chi connectivity index (χ1n) is 8.34. The molecule has 7 N–H and O–H groups in total. The highest BCUT2D eigenvalue weighted by molar-refractivity contribution is 5.92. The van der Waals surface area contributed by atoms with Gasteiger partial charge in [0.05, 0.1) is 6.54 Å². The molecule has 0 aromatic rings. The molecule has 0 bridgehead atoms. The van der Waals surface area contributed by atoms with Gasteiger partial charge in [-0.15, -0.1) is 0 Å². The molecule has 1 fully saturated rings. The van der Waals surface area contributed by atoms with E-state index in [2.05, 4.69) is 15.6 Å². The molecule has 11 heteroatoms. The number of nitrogens with one attached hydrogen (secondary N) is 2. The van der Waals surface area contributed by atoms with Gasteiger partial charge in [0.15, 0.2) is 5.96 Å². The summed E-state index contributed by atoms with van der Waals surface area (Å²) < 4.78 is 0. The number of nitrogens with two attached hydrogens (primary N) is 2. The van der Waals surface area contributed by atoms with Crippen LogP contribution in [0.2, 0.25) is 0 Å². The van der Waals surface area contributed by atoms with Crippen LogP contribution < -0.4 is 22.1 Å². The van der Waals surface area contributed by atoms with Crippen LogP contribution in [0.25, 0.3) is 0 Å². The summed E-state index contributed by atoms with van der Waals surface area (Å²) in [6, 6.07) is -1.83. The number of rotatable bonds is 9. The monoisotopic (exact) mass is 370 g/mol. The van der Waals surface area contributed by atoms with Gasteiger partial charge in [0, 0.05) is 20.0 Å². The number of hydrogen-bond donors (Lipinski definition) is 5. The fraction of sp³-hybridized carbons (Fsp3) is 0.667. The van der Waals surface area contributed by atoms with E-state index in [9.17, 15) is 24.3 Å². The molecule has 26 heavy (non-hydrogen) atoms. The van der Waals surface area contributed by atoms with E-state index in [-0.39, 0.29) is 37.3 Å². The Morgan fingerprint density at radius 1 is 1.31 bits per heavy atom. The van der Waals surface area contributed by atoms with E-state index in [4.69, 9.17) is 11.5 Å². The van der Waals surface area contributed by atoms with E-state index < -0.39 is 24.0 Å². The van der Waals surface area contributed by atoms with Crippen molar-refractivity contribution in [3.05, 3.63) is 0 Å². The molecule has 0 radical (unpaired) electrons. The van der Waals surface area contributed by atoms with Gasteiger partial charge in [0.25, 0.3) is 0 Å². The van der Waals surface area contributed by atoms with Gasteiger partial charge in [-0.1, -0.05) is 0 Å². The molecule has 0 aromatic heterocycles. The van der Waals surface area contributed by atoms with E-state index >= 15 is 0 Å². The molecule has 0 aliphatic carbocycles. The van der Waals surface area contributed by atoms with Crippen molar-refractivity contribution in [2.45, 2.75) is 44.7 Å². The van der Waals surface area contributed by atoms with E-state index in [1.54, 1.807) is 0 Å². The fourth-order valence-corrected chi connectivity index (χ4v) is 2.67. The van der Waals surface area contributed by atoms with Crippen molar-refractivity contribution in [3.63, 3.8) is 0 Å². The van der Waals surface area contributed by atoms with Crippen molar-refractivity contribution in [2.24, 2.45) is 16.5 Å². The van der Waals surface area contributed by atoms with Crippen LogP contribution in [0.3, 0.4) is 0 Å². The average Bonchev–Trinajstić information content (AvgIpc) is 3.04. The van der Waals surface area contributed by atoms with Gasteiger partial charge < -0.3 is 32.1 Å². The van der Waals surface area contributed by atoms with Gasteiger partial charge in [0.2, 0.25) is 17.7 Å². The molecule has 0 saturated carbocycles. The second-order valence-electron chi connectivity index (χ2n) is 6.00. The number of aliphatic carboxylic acids is 1. The number of aliphatic imine (C=N–C) groups is 1. The van der Waals surface area contributed by atoms with E-state index in [0.717, 1.165) is 0 Å². The van der Waals surface area contributed by atoms with E-state index in [0.29, 0.717) is 25.8 Å². The van der Waals surface area contributed by atoms with Crippen molar-refractivity contribution < 1.29 is 24.3 Å². The van der Waals surface area contributed by atoms with Crippen molar-refractivity contribution in [1.82, 2.24) is 15.5 Å². The van der Waals surface area contributed by atoms with Crippen LogP contribution >= 0.6 is 0 Å². The summed E-state index contributed by atoms with van der Waals surface area (Å²) in [4.78, 5) is 52.0. The van der Waals surface area contributed by atoms with Crippen LogP contribution in [0, 0.1) is 0 Å². The summed E-state index contributed by atoms with van der Waals surface area (Å²) in [5.74, 6) is -2.49. The Bertz CT molecular complexity index is 575. The minimum atomic E-state index is -1.17. The molecule has 0 aromatic carbocycles. The SMILES string of the molecule is CC(=O)NCC(=O)N1CCC[C@H]1C(=O)N[C@@H](CCCN=C(N)N)C(=O)O. The zero-order chi connectivity index (χ0) is 19.7. The average molecular weight is 370 g/mol. The molecule has 0 unspecified atom stereocenters. The molecule has 1 saturated heterocycles. The minimum absolute atomic E-state index is 0.0832. The first-order valence-corrected chi connectivity index (χ1v) is 8.34. The molecular weight excluding hydrogens is 344 g/mol. The van der Waals surface area contributed by atoms with Gasteiger partial charge in [-0.3, -0.25) is 19.4 Å². The molecular formula is C15H26N6O5. The largest absolute Gasteiger partial charge is 0.480 e. The van der Waals surface area contributed by atoms with Crippen molar-refractivity contribution in [2.75, 3.05) is 19.6 Å². The molecule has 2 atom stereocenters. The van der Waals surface area contributed by atoms with Crippen LogP contribution in [0.1, 0.15) is 32.6 Å². The highest BCUT2D eigenvalue weighted by Gasteiger charge is 2.35. The highest BCUT2D eigenvalue weighted by Crippen LogP contribution is 2.18. The zero-order valence-corrected chi connectivity index (χ0v) is 14.7. The second-order valence-corrected chi connectivity index (χ2v) is 6.00. The fourth-order valence-electron chi connectivity index (χ4n) is 2.67. The standard InChI is InChI=1S/C15H26N6O5/c1-9(22)19-8-12(23)21-7-3-5-11(21)13(24)20-10(14(25)26)4-2-6-18-15(16)17/h10-11H,2-8H2,1H3,(H,19,22)(H,20,24)(H,25,26)(H4,16,17,18)/t10-,11-/m0/s1. The minimum Gasteiger partial charge on any atom is -0.480 e. The van der Waals surface area contributed by atoms with Crippen LogP contribution in [-0.4, -0.2) is 71.4 Å². The van der Waals surface area contributed by atoms with Gasteiger partial charge in [-0.2, -0.15) is 0 Å². The molecule has 3 amide bonds. The first-order chi connectivity index (χ1) is 12.2. The number of carbonyl (C=O) groups is 4. The summed E-state index contributed by atoms with van der Waals surface area (Å²) in [5.41, 5.74) is 10.4. The maximum absolute atomic E-state index is 12.4. The number of amides is 3. The van der Waals surface area contributed by atoms with Gasteiger partial charge in [0.1, 0.15) is 12.1 Å². The number of likely N-dealkylation sites (tertiary alicyclic amines) is 1. The molecule has 11 nitrogen and oxygen atoms in total. The first kappa shape index (κ1) is 21.2. The number of carbonyl (C=O) groups excluding carboxylic acids is 3. The summed E-state index contributed by atoms with van der Waals surface area (Å²) in [7, 11) is 0. The lowest BCUT2D eigenvalue weighted by Crippen LogP contribution is -2.52. The topological polar surface area (TPSA) is 180 Å². The number of hydrogen-bond acceptors (Lipinski definition) is 5. The highest BCUT2D eigenvalue weighted by atomic mass is 16.4. The van der Waals surface area contributed by atoms with E-state index in [1.165, 1.54) is 11.8 Å². The van der Waals surface area contributed by atoms with Gasteiger partial charge in [-0.25, -0.2) is 4.79 Å². The molecule has 1 rings (SSSR count). The lowest BCUT2D eigenvalue weighted by molar-refractivity contribution is -0.144. The molecule has 146 valence electrons. The predicted octanol–water partition coefficient (Wildman–Crippen LogP) is -2.26. The second kappa shape index (κ2) is 10.2. The van der Waals surface area contributed by atoms with Crippen molar-refractivity contribution in [1.29, 1.82) is 0 Å². The normalized spacial score (nSPS) is 17.3. The van der Waals surface area contributed by atoms with Crippen LogP contribution in [0.4, 0.5) is 0 Å². The lowest BCUT2D eigenvalue weighted by Gasteiger charge is -2.25. The van der Waals surface area contributed by atoms with E-state index in [1.807, 2.05) is 0 Å². The molecule has 1 heterocycles. The Balaban J connectivity index is 2.60. The lowest BCUT2D eigenvalue weighted by atomic mass is 10.1. The number of guanidine groups is 1. The third-order valence-electron chi connectivity index (χ3n) is 3.92. The van der Waals surface area contributed by atoms with Crippen molar-refractivity contribution in [3.8, 4) is 0 Å². The van der Waals surface area contributed by atoms with Gasteiger partial charge in [-0.05, 0) is 25.7 Å². The number of nitrogens with zero attached hydrogens (tertiary/aromatic N) is 2. The van der Waals surface area contributed by atoms with Crippen LogP contribution in [-0.2, 0) is 19.2 Å². The van der Waals surface area contributed by atoms with Crippen LogP contribution in [0.15, 0.2) is 4.99 Å². The summed E-state index contributed by atoms with van der Waals surface area (Å²) in [5, 5.41) is 14.1. The predicted molar refractivity (Wildman–Crippen MR) is 92.9 cm³/mol. The number of carboxylic acids is 1. The van der Waals surface area contributed by atoms with Crippen LogP contribution in [0.5, 0.6) is 0 Å². The molecule has 1 aliphatic heterocycles. The third-order valence-corrected chi connectivity index (χ3v) is 3.92. The Kier molecular flexibility index (Phi) is 8.32. The summed E-state index contributed by atoms with van der Waals surface area (Å²) in [6.07, 6.45) is 1.61. The third kappa shape index (κ3) is 6.95. The Labute approximate surface area is 151 Å².